The molecule has 10 heavy (non-hydrogen) atoms. The minimum Gasteiger partial charge on any atom is -0.175 e. The van der Waals surface area contributed by atoms with Crippen molar-refractivity contribution in [2.75, 3.05) is 0 Å². The van der Waals surface area contributed by atoms with Crippen LogP contribution in [-0.4, -0.2) is 5.25 Å². The fourth-order valence-corrected chi connectivity index (χ4v) is 1.89. The predicted molar refractivity (Wildman–Crippen MR) is 49.4 cm³/mol. The molecule has 1 radical (unpaired) electrons. The van der Waals surface area contributed by atoms with E-state index in [2.05, 4.69) is 19.6 Å². The summed E-state index contributed by atoms with van der Waals surface area (Å²) in [6.07, 6.45) is 8.16. The summed E-state index contributed by atoms with van der Waals surface area (Å²) in [6, 6.07) is 0. The van der Waals surface area contributed by atoms with Gasteiger partial charge in [0.2, 0.25) is 0 Å². The molecule has 1 aliphatic carbocycles. The summed E-state index contributed by atoms with van der Waals surface area (Å²) in [7, 11) is 0. The lowest BCUT2D eigenvalue weighted by Gasteiger charge is -2.25. The second-order valence-corrected chi connectivity index (χ2v) is 3.77. The molecule has 0 nitrogen and oxygen atoms in total. The van der Waals surface area contributed by atoms with Crippen molar-refractivity contribution in [3.05, 3.63) is 5.92 Å². The van der Waals surface area contributed by atoms with Crippen LogP contribution in [-0.2, 0) is 0 Å². The van der Waals surface area contributed by atoms with Crippen molar-refractivity contribution >= 4 is 12.6 Å². The van der Waals surface area contributed by atoms with Gasteiger partial charge in [-0.15, -0.1) is 0 Å². The Morgan fingerprint density at radius 1 is 1.30 bits per heavy atom. The minimum absolute atomic E-state index is 0.597. The second kappa shape index (κ2) is 4.27. The van der Waals surface area contributed by atoms with Gasteiger partial charge in [0, 0.05) is 5.25 Å². The van der Waals surface area contributed by atoms with Crippen LogP contribution in [0.1, 0.15) is 45.4 Å². The van der Waals surface area contributed by atoms with Gasteiger partial charge >= 0.3 is 0 Å². The molecule has 1 unspecified atom stereocenters. The third-order valence-corrected chi connectivity index (χ3v) is 3.08. The van der Waals surface area contributed by atoms with Crippen molar-refractivity contribution in [2.24, 2.45) is 0 Å². The SMILES string of the molecule is CCC(S)[C]1CCCCC1. The van der Waals surface area contributed by atoms with Gasteiger partial charge in [-0.05, 0) is 25.2 Å². The van der Waals surface area contributed by atoms with Crippen LogP contribution < -0.4 is 0 Å². The summed E-state index contributed by atoms with van der Waals surface area (Å²) < 4.78 is 0. The molecule has 1 rings (SSSR count). The molecule has 1 atom stereocenters. The van der Waals surface area contributed by atoms with Gasteiger partial charge in [-0.2, -0.15) is 12.6 Å². The molecule has 0 spiro atoms. The quantitative estimate of drug-likeness (QED) is 0.584. The maximum atomic E-state index is 4.54. The van der Waals surface area contributed by atoms with Gasteiger partial charge < -0.3 is 0 Å². The fraction of sp³-hybridized carbons (Fsp3) is 0.889. The Hall–Kier alpha value is 0.350. The molecular formula is C9H17S. The molecule has 0 aliphatic heterocycles. The molecule has 0 saturated heterocycles. The van der Waals surface area contributed by atoms with Crippen LogP contribution >= 0.6 is 12.6 Å². The highest BCUT2D eigenvalue weighted by Crippen LogP contribution is 2.31. The van der Waals surface area contributed by atoms with Gasteiger partial charge in [0.15, 0.2) is 0 Å². The van der Waals surface area contributed by atoms with Gasteiger partial charge in [0.05, 0.1) is 0 Å². The van der Waals surface area contributed by atoms with E-state index in [0.717, 1.165) is 0 Å². The second-order valence-electron chi connectivity index (χ2n) is 3.14. The largest absolute Gasteiger partial charge is 0.175 e. The lowest BCUT2D eigenvalue weighted by molar-refractivity contribution is 0.509. The predicted octanol–water partition coefficient (Wildman–Crippen LogP) is 3.23. The van der Waals surface area contributed by atoms with Gasteiger partial charge in [0.25, 0.3) is 0 Å². The number of thiol groups is 1. The van der Waals surface area contributed by atoms with Gasteiger partial charge in [-0.3, -0.25) is 0 Å². The molecular weight excluding hydrogens is 140 g/mol. The summed E-state index contributed by atoms with van der Waals surface area (Å²) in [5, 5.41) is 0.597. The molecule has 59 valence electrons. The molecule has 1 heteroatoms. The fourth-order valence-electron chi connectivity index (χ4n) is 1.63. The van der Waals surface area contributed by atoms with Crippen LogP contribution in [0.15, 0.2) is 0 Å². The highest BCUT2D eigenvalue weighted by molar-refractivity contribution is 7.81. The van der Waals surface area contributed by atoms with E-state index in [0.29, 0.717) is 5.25 Å². The molecule has 1 saturated carbocycles. The topological polar surface area (TPSA) is 0 Å². The molecule has 0 aromatic heterocycles. The van der Waals surface area contributed by atoms with E-state index in [1.165, 1.54) is 38.5 Å². The molecule has 1 aliphatic rings. The number of rotatable bonds is 2. The Morgan fingerprint density at radius 2 is 1.90 bits per heavy atom. The Balaban J connectivity index is 2.24. The van der Waals surface area contributed by atoms with Crippen molar-refractivity contribution in [3.8, 4) is 0 Å². The first-order valence-electron chi connectivity index (χ1n) is 4.37. The maximum absolute atomic E-state index is 4.54. The van der Waals surface area contributed by atoms with Crippen LogP contribution in [0.4, 0.5) is 0 Å². The summed E-state index contributed by atoms with van der Waals surface area (Å²) in [6.45, 7) is 2.22. The molecule has 0 N–H and O–H groups in total. The minimum atomic E-state index is 0.597. The van der Waals surface area contributed by atoms with E-state index in [1.54, 1.807) is 5.92 Å². The zero-order valence-corrected chi connectivity index (χ0v) is 7.66. The first kappa shape index (κ1) is 8.45. The summed E-state index contributed by atoms with van der Waals surface area (Å²) in [5.74, 6) is 1.71. The summed E-state index contributed by atoms with van der Waals surface area (Å²) >= 11 is 4.54. The first-order chi connectivity index (χ1) is 4.84. The molecule has 1 fully saturated rings. The number of hydrogen-bond donors (Lipinski definition) is 1. The Kier molecular flexibility index (Phi) is 3.61. The standard InChI is InChI=1S/C9H17S/c1-2-9(10)8-6-4-3-5-7-8/h9-10H,2-7H2,1H3. The van der Waals surface area contributed by atoms with E-state index < -0.39 is 0 Å². The van der Waals surface area contributed by atoms with Gasteiger partial charge in [-0.1, -0.05) is 26.2 Å². The Bertz CT molecular complexity index is 84.7. The van der Waals surface area contributed by atoms with Crippen LogP contribution in [0, 0.1) is 5.92 Å². The lowest BCUT2D eigenvalue weighted by atomic mass is 9.86. The van der Waals surface area contributed by atoms with E-state index in [-0.39, 0.29) is 0 Å². The Labute approximate surface area is 69.8 Å². The summed E-state index contributed by atoms with van der Waals surface area (Å²) in [4.78, 5) is 0. The van der Waals surface area contributed by atoms with Crippen LogP contribution in [0.25, 0.3) is 0 Å². The highest BCUT2D eigenvalue weighted by Gasteiger charge is 2.19. The molecule has 0 heterocycles. The summed E-state index contributed by atoms with van der Waals surface area (Å²) in [5.41, 5.74) is 0. The van der Waals surface area contributed by atoms with Crippen molar-refractivity contribution < 1.29 is 0 Å². The van der Waals surface area contributed by atoms with Crippen LogP contribution in [0.3, 0.4) is 0 Å². The van der Waals surface area contributed by atoms with Gasteiger partial charge in [-0.25, -0.2) is 0 Å². The van der Waals surface area contributed by atoms with E-state index in [1.807, 2.05) is 0 Å². The van der Waals surface area contributed by atoms with Crippen LogP contribution in [0.2, 0.25) is 0 Å². The van der Waals surface area contributed by atoms with Crippen LogP contribution in [0.5, 0.6) is 0 Å². The molecule has 0 bridgehead atoms. The lowest BCUT2D eigenvalue weighted by Crippen LogP contribution is -2.14. The highest BCUT2D eigenvalue weighted by atomic mass is 32.1. The third-order valence-electron chi connectivity index (χ3n) is 2.35. The first-order valence-corrected chi connectivity index (χ1v) is 4.89. The monoisotopic (exact) mass is 157 g/mol. The molecule has 0 aromatic rings. The molecule has 0 amide bonds. The zero-order valence-electron chi connectivity index (χ0n) is 6.77. The van der Waals surface area contributed by atoms with E-state index in [9.17, 15) is 0 Å². The number of hydrogen-bond acceptors (Lipinski definition) is 1. The van der Waals surface area contributed by atoms with Crippen molar-refractivity contribution in [1.29, 1.82) is 0 Å². The van der Waals surface area contributed by atoms with Crippen molar-refractivity contribution in [2.45, 2.75) is 50.7 Å². The van der Waals surface area contributed by atoms with E-state index in [4.69, 9.17) is 0 Å². The normalized spacial score (nSPS) is 24.6. The average molecular weight is 157 g/mol. The van der Waals surface area contributed by atoms with Gasteiger partial charge in [0.1, 0.15) is 0 Å². The average Bonchev–Trinajstić information content (AvgIpc) is 2.05. The zero-order chi connectivity index (χ0) is 7.40. The maximum Gasteiger partial charge on any atom is 0.00763 e. The molecule has 0 aromatic carbocycles. The van der Waals surface area contributed by atoms with Crippen molar-refractivity contribution in [3.63, 3.8) is 0 Å². The Morgan fingerprint density at radius 3 is 2.40 bits per heavy atom. The van der Waals surface area contributed by atoms with Crippen molar-refractivity contribution in [1.82, 2.24) is 0 Å². The van der Waals surface area contributed by atoms with E-state index >= 15 is 0 Å². The third kappa shape index (κ3) is 2.19. The smallest absolute Gasteiger partial charge is 0.00763 e.